The third-order valence-electron chi connectivity index (χ3n) is 3.00. The standard InChI is InChI=1S/C17H18ClN/c1-5-12(3)9-17(18)15(6-2)16-8-7-14(11-19)10-13(16)4/h5-10H,1-4H3/b12-5-,15-6-,17-9+. The van der Waals surface area contributed by atoms with Crippen molar-refractivity contribution in [1.82, 2.24) is 0 Å². The maximum absolute atomic E-state index is 8.90. The first-order valence-corrected chi connectivity index (χ1v) is 6.59. The average Bonchev–Trinajstić information content (AvgIpc) is 2.41. The van der Waals surface area contributed by atoms with Crippen molar-refractivity contribution in [3.8, 4) is 6.07 Å². The van der Waals surface area contributed by atoms with Crippen LogP contribution in [0.1, 0.15) is 37.5 Å². The van der Waals surface area contributed by atoms with Gasteiger partial charge in [-0.05, 0) is 62.6 Å². The fourth-order valence-electron chi connectivity index (χ4n) is 1.82. The first-order chi connectivity index (χ1) is 9.03. The molecule has 1 rings (SSSR count). The van der Waals surface area contributed by atoms with Crippen LogP contribution in [0.5, 0.6) is 0 Å². The second-order valence-electron chi connectivity index (χ2n) is 4.37. The molecule has 0 unspecified atom stereocenters. The predicted octanol–water partition coefficient (Wildman–Crippen LogP) is 5.36. The van der Waals surface area contributed by atoms with E-state index < -0.39 is 0 Å². The number of rotatable bonds is 3. The smallest absolute Gasteiger partial charge is 0.0991 e. The lowest BCUT2D eigenvalue weighted by Crippen LogP contribution is -1.91. The van der Waals surface area contributed by atoms with Gasteiger partial charge in [0.15, 0.2) is 0 Å². The molecule has 0 fully saturated rings. The van der Waals surface area contributed by atoms with E-state index in [-0.39, 0.29) is 0 Å². The van der Waals surface area contributed by atoms with Crippen LogP contribution in [-0.2, 0) is 0 Å². The van der Waals surface area contributed by atoms with Gasteiger partial charge in [-0.15, -0.1) is 0 Å². The Bertz CT molecular complexity index is 598. The number of halogens is 1. The van der Waals surface area contributed by atoms with Crippen LogP contribution in [0.4, 0.5) is 0 Å². The molecule has 0 amide bonds. The van der Waals surface area contributed by atoms with Gasteiger partial charge in [-0.3, -0.25) is 0 Å². The molecule has 19 heavy (non-hydrogen) atoms. The molecule has 1 aromatic rings. The summed E-state index contributed by atoms with van der Waals surface area (Å²) in [5.74, 6) is 0. The third-order valence-corrected chi connectivity index (χ3v) is 3.31. The Balaban J connectivity index is 3.27. The predicted molar refractivity (Wildman–Crippen MR) is 82.9 cm³/mol. The number of nitrogens with zero attached hydrogens (tertiary/aromatic N) is 1. The minimum atomic E-state index is 0.668. The lowest BCUT2D eigenvalue weighted by molar-refractivity contribution is 1.38. The quantitative estimate of drug-likeness (QED) is 0.679. The van der Waals surface area contributed by atoms with Gasteiger partial charge in [0.05, 0.1) is 11.6 Å². The normalized spacial score (nSPS) is 13.4. The van der Waals surface area contributed by atoms with Crippen molar-refractivity contribution in [3.63, 3.8) is 0 Å². The van der Waals surface area contributed by atoms with Crippen LogP contribution in [0.15, 0.2) is 47.0 Å². The van der Waals surface area contributed by atoms with Crippen molar-refractivity contribution < 1.29 is 0 Å². The molecule has 0 aliphatic heterocycles. The van der Waals surface area contributed by atoms with Crippen LogP contribution in [0.3, 0.4) is 0 Å². The zero-order valence-electron chi connectivity index (χ0n) is 11.8. The van der Waals surface area contributed by atoms with Gasteiger partial charge < -0.3 is 0 Å². The molecule has 0 aliphatic rings. The third kappa shape index (κ3) is 3.84. The van der Waals surface area contributed by atoms with E-state index >= 15 is 0 Å². The van der Waals surface area contributed by atoms with E-state index in [9.17, 15) is 0 Å². The van der Waals surface area contributed by atoms with Crippen LogP contribution < -0.4 is 0 Å². The van der Waals surface area contributed by atoms with E-state index in [1.165, 1.54) is 0 Å². The van der Waals surface area contributed by atoms with E-state index in [1.807, 2.05) is 64.1 Å². The Morgan fingerprint density at radius 2 is 1.95 bits per heavy atom. The maximum Gasteiger partial charge on any atom is 0.0991 e. The van der Waals surface area contributed by atoms with Gasteiger partial charge in [-0.2, -0.15) is 5.26 Å². The fourth-order valence-corrected chi connectivity index (χ4v) is 2.20. The van der Waals surface area contributed by atoms with Gasteiger partial charge in [-0.25, -0.2) is 0 Å². The summed E-state index contributed by atoms with van der Waals surface area (Å²) < 4.78 is 0. The second-order valence-corrected chi connectivity index (χ2v) is 4.78. The number of benzene rings is 1. The summed E-state index contributed by atoms with van der Waals surface area (Å²) in [4.78, 5) is 0. The Hall–Kier alpha value is -1.78. The number of hydrogen-bond acceptors (Lipinski definition) is 1. The molecule has 0 saturated carbocycles. The molecular formula is C17H18ClN. The second kappa shape index (κ2) is 6.97. The summed E-state index contributed by atoms with van der Waals surface area (Å²) in [5.41, 5.74) is 4.89. The van der Waals surface area contributed by atoms with Gasteiger partial charge in [0.25, 0.3) is 0 Å². The van der Waals surface area contributed by atoms with Gasteiger partial charge in [0.2, 0.25) is 0 Å². The van der Waals surface area contributed by atoms with E-state index in [1.54, 1.807) is 0 Å². The summed E-state index contributed by atoms with van der Waals surface area (Å²) in [5, 5.41) is 9.61. The Morgan fingerprint density at radius 1 is 1.26 bits per heavy atom. The molecule has 0 N–H and O–H groups in total. The molecule has 0 radical (unpaired) electrons. The van der Waals surface area contributed by atoms with Crippen molar-refractivity contribution in [2.75, 3.05) is 0 Å². The molecule has 0 saturated heterocycles. The SMILES string of the molecule is C\C=C(C)/C=C(Cl)\C(=C/C)c1ccc(C#N)cc1C. The molecule has 1 aromatic carbocycles. The number of aryl methyl sites for hydroxylation is 1. The van der Waals surface area contributed by atoms with Crippen molar-refractivity contribution in [1.29, 1.82) is 5.26 Å². The minimum absolute atomic E-state index is 0.668. The van der Waals surface area contributed by atoms with Crippen LogP contribution >= 0.6 is 11.6 Å². The lowest BCUT2D eigenvalue weighted by atomic mass is 9.97. The highest BCUT2D eigenvalue weighted by molar-refractivity contribution is 6.37. The number of allylic oxidation sites excluding steroid dienone is 6. The van der Waals surface area contributed by atoms with Crippen molar-refractivity contribution in [3.05, 3.63) is 63.7 Å². The first-order valence-electron chi connectivity index (χ1n) is 6.21. The number of hydrogen-bond donors (Lipinski definition) is 0. The van der Waals surface area contributed by atoms with E-state index in [4.69, 9.17) is 16.9 Å². The highest BCUT2D eigenvalue weighted by Crippen LogP contribution is 2.29. The molecule has 0 aromatic heterocycles. The average molecular weight is 272 g/mol. The Labute approximate surface area is 120 Å². The highest BCUT2D eigenvalue weighted by atomic mass is 35.5. The van der Waals surface area contributed by atoms with Crippen LogP contribution in [0.25, 0.3) is 5.57 Å². The maximum atomic E-state index is 8.90. The monoisotopic (exact) mass is 271 g/mol. The summed E-state index contributed by atoms with van der Waals surface area (Å²) in [6.45, 7) is 7.96. The first kappa shape index (κ1) is 15.3. The van der Waals surface area contributed by atoms with E-state index in [2.05, 4.69) is 6.07 Å². The zero-order valence-corrected chi connectivity index (χ0v) is 12.5. The van der Waals surface area contributed by atoms with Gasteiger partial charge in [-0.1, -0.05) is 35.4 Å². The fraction of sp³-hybridized carbons (Fsp3) is 0.235. The molecule has 98 valence electrons. The Morgan fingerprint density at radius 3 is 2.42 bits per heavy atom. The topological polar surface area (TPSA) is 23.8 Å². The van der Waals surface area contributed by atoms with Gasteiger partial charge >= 0.3 is 0 Å². The van der Waals surface area contributed by atoms with E-state index in [0.29, 0.717) is 10.6 Å². The van der Waals surface area contributed by atoms with Crippen LogP contribution in [-0.4, -0.2) is 0 Å². The zero-order chi connectivity index (χ0) is 14.4. The van der Waals surface area contributed by atoms with E-state index in [0.717, 1.165) is 22.3 Å². The molecule has 0 bridgehead atoms. The molecule has 0 aliphatic carbocycles. The summed E-state index contributed by atoms with van der Waals surface area (Å²) in [6.07, 6.45) is 5.96. The number of nitriles is 1. The molecule has 2 heteroatoms. The molecule has 0 atom stereocenters. The van der Waals surface area contributed by atoms with Crippen molar-refractivity contribution >= 4 is 17.2 Å². The van der Waals surface area contributed by atoms with Crippen LogP contribution in [0.2, 0.25) is 0 Å². The van der Waals surface area contributed by atoms with Crippen LogP contribution in [0, 0.1) is 18.3 Å². The van der Waals surface area contributed by atoms with Crippen molar-refractivity contribution in [2.24, 2.45) is 0 Å². The van der Waals surface area contributed by atoms with Crippen molar-refractivity contribution in [2.45, 2.75) is 27.7 Å². The minimum Gasteiger partial charge on any atom is -0.192 e. The highest BCUT2D eigenvalue weighted by Gasteiger charge is 2.08. The van der Waals surface area contributed by atoms with Gasteiger partial charge in [0, 0.05) is 5.03 Å². The molecule has 1 nitrogen and oxygen atoms in total. The summed E-state index contributed by atoms with van der Waals surface area (Å²) >= 11 is 6.39. The molecular weight excluding hydrogens is 254 g/mol. The summed E-state index contributed by atoms with van der Waals surface area (Å²) in [6, 6.07) is 7.79. The lowest BCUT2D eigenvalue weighted by Gasteiger charge is -2.10. The largest absolute Gasteiger partial charge is 0.192 e. The molecule has 0 spiro atoms. The summed E-state index contributed by atoms with van der Waals surface area (Å²) in [7, 11) is 0. The Kier molecular flexibility index (Phi) is 5.60. The van der Waals surface area contributed by atoms with Gasteiger partial charge in [0.1, 0.15) is 0 Å². The molecule has 0 heterocycles.